The Hall–Kier alpha value is -0.700. The van der Waals surface area contributed by atoms with Gasteiger partial charge in [0, 0.05) is 18.0 Å². The van der Waals surface area contributed by atoms with Crippen molar-refractivity contribution in [2.45, 2.75) is 0 Å². The molecule has 0 aromatic heterocycles. The molecule has 0 aromatic rings. The minimum absolute atomic E-state index is 0.456. The molecule has 1 aliphatic rings. The van der Waals surface area contributed by atoms with E-state index in [1.807, 2.05) is 0 Å². The lowest BCUT2D eigenvalue weighted by molar-refractivity contribution is 0.399. The van der Waals surface area contributed by atoms with Crippen LogP contribution >= 0.6 is 11.8 Å². The van der Waals surface area contributed by atoms with Gasteiger partial charge in [-0.1, -0.05) is 0 Å². The molecular weight excluding hydrogens is 131 g/mol. The molecule has 0 saturated heterocycles. The molecule has 1 aliphatic heterocycles. The van der Waals surface area contributed by atoms with E-state index >= 15 is 0 Å². The van der Waals surface area contributed by atoms with E-state index in [4.69, 9.17) is 11.8 Å². The highest BCUT2D eigenvalue weighted by Crippen LogP contribution is 2.02. The van der Waals surface area contributed by atoms with Gasteiger partial charge in [-0.3, -0.25) is 5.43 Å². The van der Waals surface area contributed by atoms with Crippen molar-refractivity contribution < 1.29 is 4.39 Å². The summed E-state index contributed by atoms with van der Waals surface area (Å²) < 4.78 is 13.0. The molecule has 2 nitrogen and oxygen atoms in total. The molecule has 1 heterocycles. The zero-order valence-electron chi connectivity index (χ0n) is 3.94. The fourth-order valence-corrected chi connectivity index (χ4v) is 0.525. The maximum atomic E-state index is 12.0. The molecule has 0 spiro atoms. The van der Waals surface area contributed by atoms with E-state index in [2.05, 4.69) is 5.43 Å². The third-order valence-electron chi connectivity index (χ3n) is 0.673. The van der Waals surface area contributed by atoms with Gasteiger partial charge < -0.3 is 0 Å². The lowest BCUT2D eigenvalue weighted by atomic mass is 10.5. The number of hydrogen-bond donors (Lipinski definition) is 1. The first-order valence-electron chi connectivity index (χ1n) is 2.05. The van der Waals surface area contributed by atoms with Crippen LogP contribution < -0.4 is 5.43 Å². The third kappa shape index (κ3) is 1.13. The normalized spacial score (nSPS) is 17.8. The first-order chi connectivity index (χ1) is 3.79. The van der Waals surface area contributed by atoms with Crippen molar-refractivity contribution in [2.75, 3.05) is 0 Å². The lowest BCUT2D eigenvalue weighted by Gasteiger charge is -2.13. The van der Waals surface area contributed by atoms with Crippen LogP contribution in [0, 0.1) is 0 Å². The summed E-state index contributed by atoms with van der Waals surface area (Å²) in [4.78, 5) is 0. The molecule has 44 valence electrons. The van der Waals surface area contributed by atoms with Gasteiger partial charge in [0.05, 0.1) is 0 Å². The Morgan fingerprint density at radius 2 is 2.50 bits per heavy atom. The Labute approximate surface area is 51.3 Å². The molecule has 1 N–H and O–H groups in total. The molecule has 0 atom stereocenters. The highest BCUT2D eigenvalue weighted by Gasteiger charge is 1.98. The standard InChI is InChI=1S/C4H4ClFN2/c5-8-3-1-2-4(6)7-8/h1-3,7H. The molecular formula is C4H4ClFN2. The second-order valence-corrected chi connectivity index (χ2v) is 1.64. The molecule has 4 heteroatoms. The number of halogens is 2. The number of nitrogens with zero attached hydrogens (tertiary/aromatic N) is 1. The summed E-state index contributed by atoms with van der Waals surface area (Å²) in [7, 11) is 0. The predicted molar refractivity (Wildman–Crippen MR) is 29.2 cm³/mol. The molecule has 0 fully saturated rings. The van der Waals surface area contributed by atoms with Gasteiger partial charge in [-0.2, -0.15) is 4.39 Å². The molecule has 0 bridgehead atoms. The summed E-state index contributed by atoms with van der Waals surface area (Å²) in [5.74, 6) is -0.456. The molecule has 1 rings (SSSR count). The van der Waals surface area contributed by atoms with Gasteiger partial charge in [-0.25, -0.2) is 4.53 Å². The first-order valence-corrected chi connectivity index (χ1v) is 2.38. The van der Waals surface area contributed by atoms with E-state index in [1.165, 1.54) is 18.4 Å². The Bertz CT molecular complexity index is 143. The first kappa shape index (κ1) is 5.44. The zero-order valence-corrected chi connectivity index (χ0v) is 4.69. The van der Waals surface area contributed by atoms with Crippen molar-refractivity contribution in [3.63, 3.8) is 0 Å². The summed E-state index contributed by atoms with van der Waals surface area (Å²) in [6.07, 6.45) is 4.27. The minimum atomic E-state index is -0.456. The van der Waals surface area contributed by atoms with Crippen LogP contribution in [0.1, 0.15) is 0 Å². The number of allylic oxidation sites excluding steroid dienone is 2. The smallest absolute Gasteiger partial charge is 0.206 e. The fraction of sp³-hybridized carbons (Fsp3) is 0. The number of nitrogens with one attached hydrogen (secondary N) is 1. The Morgan fingerprint density at radius 3 is 2.88 bits per heavy atom. The van der Waals surface area contributed by atoms with Gasteiger partial charge in [-0.15, -0.1) is 0 Å². The summed E-state index contributed by atoms with van der Waals surface area (Å²) >= 11 is 5.27. The van der Waals surface area contributed by atoms with E-state index in [9.17, 15) is 4.39 Å². The monoisotopic (exact) mass is 134 g/mol. The number of rotatable bonds is 0. The van der Waals surface area contributed by atoms with Gasteiger partial charge in [0.2, 0.25) is 5.95 Å². The molecule has 8 heavy (non-hydrogen) atoms. The molecule has 0 unspecified atom stereocenters. The van der Waals surface area contributed by atoms with E-state index in [-0.39, 0.29) is 0 Å². The zero-order chi connectivity index (χ0) is 5.98. The van der Waals surface area contributed by atoms with Gasteiger partial charge in [-0.05, 0) is 12.2 Å². The van der Waals surface area contributed by atoms with Gasteiger partial charge in [0.25, 0.3) is 0 Å². The van der Waals surface area contributed by atoms with E-state index in [0.29, 0.717) is 0 Å². The van der Waals surface area contributed by atoms with Crippen LogP contribution in [0.2, 0.25) is 0 Å². The van der Waals surface area contributed by atoms with Crippen LogP contribution in [0.4, 0.5) is 4.39 Å². The number of hydrazine groups is 1. The van der Waals surface area contributed by atoms with Gasteiger partial charge in [0.15, 0.2) is 0 Å². The molecule has 0 aromatic carbocycles. The van der Waals surface area contributed by atoms with Crippen LogP contribution in [-0.4, -0.2) is 4.53 Å². The average Bonchev–Trinajstić information content (AvgIpc) is 1.64. The maximum absolute atomic E-state index is 12.0. The van der Waals surface area contributed by atoms with Crippen molar-refractivity contribution in [3.8, 4) is 0 Å². The summed E-state index contributed by atoms with van der Waals surface area (Å²) in [6, 6.07) is 0. The van der Waals surface area contributed by atoms with Crippen molar-refractivity contribution >= 4 is 11.8 Å². The topological polar surface area (TPSA) is 15.3 Å². The minimum Gasteiger partial charge on any atom is -0.259 e. The van der Waals surface area contributed by atoms with Crippen molar-refractivity contribution in [3.05, 3.63) is 24.3 Å². The second kappa shape index (κ2) is 2.05. The largest absolute Gasteiger partial charge is 0.259 e. The SMILES string of the molecule is FC1=CC=CN(Cl)N1. The molecule has 0 amide bonds. The van der Waals surface area contributed by atoms with Crippen LogP contribution in [-0.2, 0) is 0 Å². The Morgan fingerprint density at radius 1 is 1.75 bits per heavy atom. The van der Waals surface area contributed by atoms with E-state index in [1.54, 1.807) is 0 Å². The summed E-state index contributed by atoms with van der Waals surface area (Å²) in [5.41, 5.74) is 2.19. The van der Waals surface area contributed by atoms with Crippen LogP contribution in [0.3, 0.4) is 0 Å². The highest BCUT2D eigenvalue weighted by atomic mass is 35.5. The molecule has 0 saturated carbocycles. The summed E-state index contributed by atoms with van der Waals surface area (Å²) in [5, 5.41) is 0. The van der Waals surface area contributed by atoms with E-state index in [0.717, 1.165) is 4.53 Å². The van der Waals surface area contributed by atoms with Crippen LogP contribution in [0.25, 0.3) is 0 Å². The van der Waals surface area contributed by atoms with Crippen molar-refractivity contribution in [2.24, 2.45) is 0 Å². The predicted octanol–water partition coefficient (Wildman–Crippen LogP) is 1.28. The quantitative estimate of drug-likeness (QED) is 0.397. The highest BCUT2D eigenvalue weighted by molar-refractivity contribution is 6.13. The third-order valence-corrected chi connectivity index (χ3v) is 0.870. The van der Waals surface area contributed by atoms with Gasteiger partial charge in [0.1, 0.15) is 0 Å². The fourth-order valence-electron chi connectivity index (χ4n) is 0.380. The Balaban J connectivity index is 2.59. The van der Waals surface area contributed by atoms with Crippen molar-refractivity contribution in [1.29, 1.82) is 0 Å². The molecule has 0 radical (unpaired) electrons. The van der Waals surface area contributed by atoms with E-state index < -0.39 is 5.95 Å². The van der Waals surface area contributed by atoms with Crippen LogP contribution in [0.15, 0.2) is 24.3 Å². The number of hydrogen-bond acceptors (Lipinski definition) is 2. The van der Waals surface area contributed by atoms with Crippen molar-refractivity contribution in [1.82, 2.24) is 9.95 Å². The van der Waals surface area contributed by atoms with Gasteiger partial charge >= 0.3 is 0 Å². The van der Waals surface area contributed by atoms with Crippen LogP contribution in [0.5, 0.6) is 0 Å². The lowest BCUT2D eigenvalue weighted by Crippen LogP contribution is -2.23. The second-order valence-electron chi connectivity index (χ2n) is 1.28. The maximum Gasteiger partial charge on any atom is 0.206 e. The average molecular weight is 135 g/mol. The summed E-state index contributed by atoms with van der Waals surface area (Å²) in [6.45, 7) is 0. The molecule has 0 aliphatic carbocycles. The Kier molecular flexibility index (Phi) is 1.39.